The summed E-state index contributed by atoms with van der Waals surface area (Å²) < 4.78 is 6.09. The molecule has 3 amide bonds. The van der Waals surface area contributed by atoms with Gasteiger partial charge in [-0.05, 0) is 88.2 Å². The van der Waals surface area contributed by atoms with Crippen molar-refractivity contribution < 1.29 is 19.1 Å². The van der Waals surface area contributed by atoms with Crippen molar-refractivity contribution in [2.75, 3.05) is 23.5 Å². The van der Waals surface area contributed by atoms with E-state index in [1.807, 2.05) is 48.5 Å². The number of hydrogen-bond acceptors (Lipinski definition) is 5. The summed E-state index contributed by atoms with van der Waals surface area (Å²) in [6.45, 7) is 0. The van der Waals surface area contributed by atoms with E-state index < -0.39 is 11.8 Å². The van der Waals surface area contributed by atoms with Crippen molar-refractivity contribution in [3.63, 3.8) is 0 Å². The second kappa shape index (κ2) is 14.2. The number of rotatable bonds is 10. The Kier molecular flexibility index (Phi) is 10.1. The van der Waals surface area contributed by atoms with Crippen LogP contribution in [0.1, 0.15) is 15.9 Å². The van der Waals surface area contributed by atoms with E-state index in [4.69, 9.17) is 4.74 Å². The van der Waals surface area contributed by atoms with E-state index in [1.54, 1.807) is 67.8 Å². The van der Waals surface area contributed by atoms with Gasteiger partial charge in [0, 0.05) is 20.6 Å². The molecule has 0 aliphatic rings. The number of thioether (sulfide) groups is 1. The minimum atomic E-state index is -0.486. The molecule has 0 heterocycles. The van der Waals surface area contributed by atoms with Gasteiger partial charge in [-0.25, -0.2) is 0 Å². The molecule has 0 radical (unpaired) electrons. The second-order valence-corrected chi connectivity index (χ2v) is 10.4. The maximum Gasteiger partial charge on any atom is 0.272 e. The number of ether oxygens (including phenoxy) is 1. The zero-order valence-electron chi connectivity index (χ0n) is 21.5. The molecule has 202 valence electrons. The van der Waals surface area contributed by atoms with Crippen molar-refractivity contribution in [3.05, 3.63) is 124 Å². The third kappa shape index (κ3) is 8.33. The fourth-order valence-corrected chi connectivity index (χ4v) is 4.65. The molecule has 0 saturated heterocycles. The van der Waals surface area contributed by atoms with Gasteiger partial charge in [0.05, 0.1) is 18.6 Å². The van der Waals surface area contributed by atoms with Gasteiger partial charge in [-0.15, -0.1) is 11.8 Å². The molecule has 0 spiro atoms. The highest BCUT2D eigenvalue weighted by molar-refractivity contribution is 9.10. The third-order valence-corrected chi connectivity index (χ3v) is 7.27. The lowest BCUT2D eigenvalue weighted by Gasteiger charge is -2.12. The molecule has 0 aromatic heterocycles. The number of nitrogens with one attached hydrogen (secondary N) is 3. The monoisotopic (exact) mass is 615 g/mol. The summed E-state index contributed by atoms with van der Waals surface area (Å²) in [6, 6.07) is 30.4. The predicted molar refractivity (Wildman–Crippen MR) is 163 cm³/mol. The summed E-state index contributed by atoms with van der Waals surface area (Å²) in [5.74, 6) is -0.166. The van der Waals surface area contributed by atoms with Gasteiger partial charge in [0.2, 0.25) is 5.91 Å². The van der Waals surface area contributed by atoms with Crippen LogP contribution in [0.25, 0.3) is 6.08 Å². The van der Waals surface area contributed by atoms with Crippen LogP contribution in [-0.2, 0) is 9.59 Å². The van der Waals surface area contributed by atoms with Crippen molar-refractivity contribution in [3.8, 4) is 5.75 Å². The molecule has 0 aliphatic carbocycles. The number of anilines is 2. The number of halogens is 1. The van der Waals surface area contributed by atoms with Gasteiger partial charge in [-0.1, -0.05) is 42.5 Å². The van der Waals surface area contributed by atoms with Crippen molar-refractivity contribution in [2.45, 2.75) is 4.90 Å². The van der Waals surface area contributed by atoms with Gasteiger partial charge in [0.25, 0.3) is 11.8 Å². The Bertz CT molecular complexity index is 1530. The lowest BCUT2D eigenvalue weighted by Crippen LogP contribution is -2.30. The molecular weight excluding hydrogens is 590 g/mol. The van der Waals surface area contributed by atoms with Crippen molar-refractivity contribution in [2.24, 2.45) is 0 Å². The quantitative estimate of drug-likeness (QED) is 0.138. The fourth-order valence-electron chi connectivity index (χ4n) is 3.57. The SMILES string of the molecule is COc1cccc(/C=C(\NC(=O)c2ccccc2)C(=O)Nc2ccc(SCC(=O)Nc3ccccc3Br)cc2)c1. The zero-order chi connectivity index (χ0) is 28.3. The van der Waals surface area contributed by atoms with E-state index in [0.29, 0.717) is 28.3 Å². The van der Waals surface area contributed by atoms with Gasteiger partial charge in [0.15, 0.2) is 0 Å². The first-order valence-corrected chi connectivity index (χ1v) is 14.0. The Labute approximate surface area is 245 Å². The summed E-state index contributed by atoms with van der Waals surface area (Å²) >= 11 is 4.80. The molecule has 0 bridgehead atoms. The minimum Gasteiger partial charge on any atom is -0.497 e. The van der Waals surface area contributed by atoms with Crippen LogP contribution in [-0.4, -0.2) is 30.6 Å². The summed E-state index contributed by atoms with van der Waals surface area (Å²) in [4.78, 5) is 39.3. The van der Waals surface area contributed by atoms with Crippen LogP contribution in [0, 0.1) is 0 Å². The second-order valence-electron chi connectivity index (χ2n) is 8.45. The lowest BCUT2D eigenvalue weighted by atomic mass is 10.1. The average Bonchev–Trinajstić information content (AvgIpc) is 2.98. The molecule has 0 unspecified atom stereocenters. The normalized spacial score (nSPS) is 10.9. The van der Waals surface area contributed by atoms with E-state index in [9.17, 15) is 14.4 Å². The molecule has 0 atom stereocenters. The molecule has 0 saturated carbocycles. The summed E-state index contributed by atoms with van der Waals surface area (Å²) in [5, 5.41) is 8.43. The van der Waals surface area contributed by atoms with Crippen LogP contribution in [0.5, 0.6) is 5.75 Å². The average molecular weight is 617 g/mol. The van der Waals surface area contributed by atoms with Crippen molar-refractivity contribution in [1.29, 1.82) is 0 Å². The van der Waals surface area contributed by atoms with Gasteiger partial charge < -0.3 is 20.7 Å². The molecule has 0 aliphatic heterocycles. The Morgan fingerprint density at radius 1 is 0.850 bits per heavy atom. The number of amides is 3. The largest absolute Gasteiger partial charge is 0.497 e. The van der Waals surface area contributed by atoms with Crippen LogP contribution in [0.3, 0.4) is 0 Å². The van der Waals surface area contributed by atoms with Crippen LogP contribution < -0.4 is 20.7 Å². The number of para-hydroxylation sites is 1. The highest BCUT2D eigenvalue weighted by Crippen LogP contribution is 2.24. The molecule has 0 fully saturated rings. The lowest BCUT2D eigenvalue weighted by molar-refractivity contribution is -0.114. The molecule has 4 aromatic rings. The molecule has 7 nitrogen and oxygen atoms in total. The maximum atomic E-state index is 13.3. The Morgan fingerprint density at radius 2 is 1.57 bits per heavy atom. The molecule has 9 heteroatoms. The van der Waals surface area contributed by atoms with Crippen LogP contribution in [0.15, 0.2) is 118 Å². The maximum absolute atomic E-state index is 13.3. The van der Waals surface area contributed by atoms with Crippen LogP contribution in [0.4, 0.5) is 11.4 Å². The molecule has 40 heavy (non-hydrogen) atoms. The van der Waals surface area contributed by atoms with Crippen LogP contribution in [0.2, 0.25) is 0 Å². The van der Waals surface area contributed by atoms with Crippen LogP contribution >= 0.6 is 27.7 Å². The van der Waals surface area contributed by atoms with E-state index >= 15 is 0 Å². The zero-order valence-corrected chi connectivity index (χ0v) is 23.9. The number of methoxy groups -OCH3 is 1. The fraction of sp³-hybridized carbons (Fsp3) is 0.0645. The molecule has 4 aromatic carbocycles. The van der Waals surface area contributed by atoms with E-state index in [1.165, 1.54) is 11.8 Å². The first-order chi connectivity index (χ1) is 19.4. The molecule has 4 rings (SSSR count). The summed E-state index contributed by atoms with van der Waals surface area (Å²) in [5.41, 5.74) is 2.44. The van der Waals surface area contributed by atoms with E-state index in [0.717, 1.165) is 9.37 Å². The first kappa shape index (κ1) is 28.7. The first-order valence-electron chi connectivity index (χ1n) is 12.2. The van der Waals surface area contributed by atoms with Crippen molar-refractivity contribution >= 4 is 62.9 Å². The topological polar surface area (TPSA) is 96.5 Å². The van der Waals surface area contributed by atoms with Gasteiger partial charge in [-0.2, -0.15) is 0 Å². The molecular formula is C31H26BrN3O4S. The van der Waals surface area contributed by atoms with E-state index in [2.05, 4.69) is 31.9 Å². The Balaban J connectivity index is 1.42. The number of carbonyl (C=O) groups excluding carboxylic acids is 3. The van der Waals surface area contributed by atoms with E-state index in [-0.39, 0.29) is 17.4 Å². The molecule has 3 N–H and O–H groups in total. The van der Waals surface area contributed by atoms with Gasteiger partial charge in [-0.3, -0.25) is 14.4 Å². The van der Waals surface area contributed by atoms with Gasteiger partial charge >= 0.3 is 0 Å². The number of hydrogen-bond donors (Lipinski definition) is 3. The summed E-state index contributed by atoms with van der Waals surface area (Å²) in [6.07, 6.45) is 1.59. The smallest absolute Gasteiger partial charge is 0.272 e. The standard InChI is InChI=1S/C31H26BrN3O4S/c1-39-24-11-7-8-21(18-24)19-28(35-30(37)22-9-3-2-4-10-22)31(38)33-23-14-16-25(17-15-23)40-20-29(36)34-27-13-6-5-12-26(27)32/h2-19H,20H2,1H3,(H,33,38)(H,34,36)(H,35,37)/b28-19-. The predicted octanol–water partition coefficient (Wildman–Crippen LogP) is 6.60. The number of benzene rings is 4. The highest BCUT2D eigenvalue weighted by Gasteiger charge is 2.15. The highest BCUT2D eigenvalue weighted by atomic mass is 79.9. The minimum absolute atomic E-state index is 0.0734. The summed E-state index contributed by atoms with van der Waals surface area (Å²) in [7, 11) is 1.56. The number of carbonyl (C=O) groups is 3. The van der Waals surface area contributed by atoms with Gasteiger partial charge in [0.1, 0.15) is 11.4 Å². The Morgan fingerprint density at radius 3 is 2.30 bits per heavy atom. The third-order valence-electron chi connectivity index (χ3n) is 5.56. The Hall–Kier alpha value is -4.34. The van der Waals surface area contributed by atoms with Crippen molar-refractivity contribution in [1.82, 2.24) is 5.32 Å².